The summed E-state index contributed by atoms with van der Waals surface area (Å²) in [7, 11) is 1.98. The summed E-state index contributed by atoms with van der Waals surface area (Å²) in [5, 5.41) is 3.14. The molecule has 1 saturated carbocycles. The number of ketones is 1. The molecule has 3 aromatic rings. The third-order valence-corrected chi connectivity index (χ3v) is 7.33. The molecule has 1 atom stereocenters. The molecule has 1 unspecified atom stereocenters. The topological polar surface area (TPSA) is 113 Å². The predicted octanol–water partition coefficient (Wildman–Crippen LogP) is 4.69. The minimum atomic E-state index is -0.366. The van der Waals surface area contributed by atoms with E-state index in [1.165, 1.54) is 18.5 Å². The van der Waals surface area contributed by atoms with Crippen LogP contribution in [0.2, 0.25) is 0 Å². The highest BCUT2D eigenvalue weighted by atomic mass is 19.1. The van der Waals surface area contributed by atoms with Crippen molar-refractivity contribution >= 4 is 11.7 Å². The Balaban J connectivity index is 1.23. The molecule has 2 fully saturated rings. The van der Waals surface area contributed by atoms with E-state index in [-0.39, 0.29) is 41.5 Å². The zero-order valence-electron chi connectivity index (χ0n) is 21.6. The summed E-state index contributed by atoms with van der Waals surface area (Å²) in [5.74, 6) is 0.825. The van der Waals surface area contributed by atoms with Crippen LogP contribution in [0.5, 0.6) is 5.75 Å². The van der Waals surface area contributed by atoms with Crippen molar-refractivity contribution in [1.82, 2.24) is 25.2 Å². The fourth-order valence-corrected chi connectivity index (χ4v) is 4.83. The van der Waals surface area contributed by atoms with E-state index < -0.39 is 0 Å². The van der Waals surface area contributed by atoms with Gasteiger partial charge >= 0.3 is 0 Å². The van der Waals surface area contributed by atoms with Gasteiger partial charge in [-0.15, -0.1) is 0 Å². The highest BCUT2D eigenvalue weighted by Crippen LogP contribution is 2.31. The Morgan fingerprint density at radius 3 is 2.79 bits per heavy atom. The molecule has 2 aliphatic rings. The third kappa shape index (κ3) is 6.30. The summed E-state index contributed by atoms with van der Waals surface area (Å²) in [5.41, 5.74) is 0.923. The summed E-state index contributed by atoms with van der Waals surface area (Å²) >= 11 is 0. The van der Waals surface area contributed by atoms with Gasteiger partial charge in [0.1, 0.15) is 23.7 Å². The number of H-pyrrole nitrogens is 1. The fraction of sp³-hybridized carbons (Fsp3) is 0.500. The Morgan fingerprint density at radius 2 is 2.08 bits per heavy atom. The minimum absolute atomic E-state index is 0.00722. The summed E-state index contributed by atoms with van der Waals surface area (Å²) in [6, 6.07) is 4.42. The monoisotopic (exact) mass is 523 g/mol. The van der Waals surface area contributed by atoms with Gasteiger partial charge in [0.15, 0.2) is 0 Å². The maximum atomic E-state index is 14.7. The van der Waals surface area contributed by atoms with Crippen molar-refractivity contribution in [1.29, 1.82) is 0 Å². The van der Waals surface area contributed by atoms with Crippen LogP contribution in [-0.2, 0) is 4.79 Å². The maximum Gasteiger partial charge on any atom is 0.263 e. The summed E-state index contributed by atoms with van der Waals surface area (Å²) in [6.07, 6.45) is 11.1. The highest BCUT2D eigenvalue weighted by Gasteiger charge is 2.32. The number of carbonyl (C=O) groups excluding carboxylic acids is 2. The summed E-state index contributed by atoms with van der Waals surface area (Å²) < 4.78 is 25.8. The quantitative estimate of drug-likeness (QED) is 0.247. The Kier molecular flexibility index (Phi) is 8.17. The number of hydrogen-bond donors (Lipinski definition) is 2. The largest absolute Gasteiger partial charge is 0.490 e. The van der Waals surface area contributed by atoms with Crippen LogP contribution >= 0.6 is 0 Å². The fourth-order valence-electron chi connectivity index (χ4n) is 4.83. The predicted molar refractivity (Wildman–Crippen MR) is 138 cm³/mol. The van der Waals surface area contributed by atoms with Crippen molar-refractivity contribution in [3.05, 3.63) is 54.4 Å². The molecule has 1 saturated heterocycles. The number of likely N-dealkylation sites (tertiary alicyclic amines) is 1. The number of oxazole rings is 1. The van der Waals surface area contributed by atoms with E-state index in [0.717, 1.165) is 45.2 Å². The first-order valence-corrected chi connectivity index (χ1v) is 13.4. The average molecular weight is 524 g/mol. The van der Waals surface area contributed by atoms with Crippen molar-refractivity contribution in [2.24, 2.45) is 5.92 Å². The molecule has 2 aromatic heterocycles. The summed E-state index contributed by atoms with van der Waals surface area (Å²) in [4.78, 5) is 38.7. The van der Waals surface area contributed by atoms with Crippen molar-refractivity contribution in [3.8, 4) is 17.0 Å². The second kappa shape index (κ2) is 11.9. The maximum absolute atomic E-state index is 14.7. The van der Waals surface area contributed by atoms with Crippen LogP contribution in [0.4, 0.5) is 4.39 Å². The molecule has 202 valence electrons. The number of ether oxygens (including phenoxy) is 1. The van der Waals surface area contributed by atoms with Crippen LogP contribution in [0.25, 0.3) is 11.3 Å². The number of aromatic nitrogens is 3. The molecule has 2 N–H and O–H groups in total. The number of amides is 1. The van der Waals surface area contributed by atoms with Crippen molar-refractivity contribution < 1.29 is 23.1 Å². The zero-order valence-corrected chi connectivity index (χ0v) is 21.6. The van der Waals surface area contributed by atoms with Crippen LogP contribution in [0, 0.1) is 11.7 Å². The lowest BCUT2D eigenvalue weighted by molar-refractivity contribution is -0.130. The van der Waals surface area contributed by atoms with Gasteiger partial charge in [-0.25, -0.2) is 14.4 Å². The number of aromatic amines is 1. The van der Waals surface area contributed by atoms with Gasteiger partial charge in [-0.1, -0.05) is 12.8 Å². The van der Waals surface area contributed by atoms with Gasteiger partial charge in [0, 0.05) is 25.1 Å². The molecule has 0 bridgehead atoms. The number of imidazole rings is 1. The van der Waals surface area contributed by atoms with E-state index in [4.69, 9.17) is 9.15 Å². The second-order valence-corrected chi connectivity index (χ2v) is 10.3. The Morgan fingerprint density at radius 1 is 1.24 bits per heavy atom. The van der Waals surface area contributed by atoms with Crippen LogP contribution < -0.4 is 10.1 Å². The first-order valence-electron chi connectivity index (χ1n) is 13.4. The number of Topliss-reactive ketones (excluding diaryl/α,β-unsaturated/α-hetero) is 1. The van der Waals surface area contributed by atoms with Gasteiger partial charge in [0.25, 0.3) is 5.89 Å². The van der Waals surface area contributed by atoms with Crippen molar-refractivity contribution in [2.75, 3.05) is 20.1 Å². The number of unbranched alkanes of at least 4 members (excludes halogenated alkanes) is 2. The minimum Gasteiger partial charge on any atom is -0.490 e. The standard InChI is InChI=1S/C28H34FN5O4/c1-34-16-18(17-34)27(36)33-23(8-3-2-4-9-25(35)28-30-12-13-37-28)26-31-15-24(32-26)21-14-20(10-11-22(21)29)38-19-6-5-7-19/h10-15,18-19,23H,2-9,16-17H2,1H3,(H,31,32)(H,33,36). The smallest absolute Gasteiger partial charge is 0.263 e. The number of rotatable bonds is 13. The molecule has 1 amide bonds. The molecule has 10 heteroatoms. The van der Waals surface area contributed by atoms with Crippen LogP contribution in [0.15, 0.2) is 41.3 Å². The Bertz CT molecular complexity index is 1230. The molecular weight excluding hydrogens is 489 g/mol. The third-order valence-electron chi connectivity index (χ3n) is 7.33. The highest BCUT2D eigenvalue weighted by molar-refractivity contribution is 5.91. The molecule has 9 nitrogen and oxygen atoms in total. The van der Waals surface area contributed by atoms with Crippen LogP contribution in [0.1, 0.15) is 73.9 Å². The number of halogens is 1. The van der Waals surface area contributed by atoms with Crippen LogP contribution in [0.3, 0.4) is 0 Å². The second-order valence-electron chi connectivity index (χ2n) is 10.3. The number of benzene rings is 1. The number of nitrogens with one attached hydrogen (secondary N) is 2. The SMILES string of the molecule is CN1CC(C(=O)NC(CCCCCC(=O)c2ncco2)c2ncc(-c3cc(OC4CCC4)ccc3F)[nH]2)C1. The molecule has 1 aromatic carbocycles. The van der Waals surface area contributed by atoms with E-state index in [1.807, 2.05) is 7.05 Å². The molecule has 0 spiro atoms. The summed E-state index contributed by atoms with van der Waals surface area (Å²) in [6.45, 7) is 1.45. The van der Waals surface area contributed by atoms with E-state index >= 15 is 0 Å². The molecule has 3 heterocycles. The normalized spacial score (nSPS) is 17.0. The molecular formula is C28H34FN5O4. The molecule has 5 rings (SSSR count). The lowest BCUT2D eigenvalue weighted by Crippen LogP contribution is -2.52. The van der Waals surface area contributed by atoms with E-state index in [0.29, 0.717) is 42.1 Å². The lowest BCUT2D eigenvalue weighted by atomic mass is 9.96. The average Bonchev–Trinajstić information content (AvgIpc) is 3.57. The van der Waals surface area contributed by atoms with Gasteiger partial charge in [0.05, 0.1) is 36.2 Å². The van der Waals surface area contributed by atoms with Gasteiger partial charge in [-0.3, -0.25) is 9.59 Å². The van der Waals surface area contributed by atoms with Crippen molar-refractivity contribution in [2.45, 2.75) is 63.5 Å². The first-order chi connectivity index (χ1) is 18.5. The molecule has 1 aliphatic carbocycles. The number of nitrogens with zero attached hydrogens (tertiary/aromatic N) is 3. The van der Waals surface area contributed by atoms with Crippen molar-refractivity contribution in [3.63, 3.8) is 0 Å². The van der Waals surface area contributed by atoms with Gasteiger partial charge in [-0.2, -0.15) is 0 Å². The van der Waals surface area contributed by atoms with E-state index in [2.05, 4.69) is 25.2 Å². The molecule has 1 aliphatic heterocycles. The Hall–Kier alpha value is -3.53. The van der Waals surface area contributed by atoms with E-state index in [1.54, 1.807) is 18.3 Å². The first kappa shape index (κ1) is 26.1. The van der Waals surface area contributed by atoms with Gasteiger partial charge < -0.3 is 24.4 Å². The van der Waals surface area contributed by atoms with E-state index in [9.17, 15) is 14.0 Å². The number of hydrogen-bond acceptors (Lipinski definition) is 7. The molecule has 38 heavy (non-hydrogen) atoms. The van der Waals surface area contributed by atoms with Gasteiger partial charge in [-0.05, 0) is 57.4 Å². The zero-order chi connectivity index (χ0) is 26.5. The Labute approximate surface area is 221 Å². The number of carbonyl (C=O) groups is 2. The molecule has 0 radical (unpaired) electrons. The van der Waals surface area contributed by atoms with Crippen LogP contribution in [-0.4, -0.2) is 57.8 Å². The lowest BCUT2D eigenvalue weighted by Gasteiger charge is -2.35. The van der Waals surface area contributed by atoms with Gasteiger partial charge in [0.2, 0.25) is 11.7 Å².